The van der Waals surface area contributed by atoms with E-state index in [-0.39, 0.29) is 5.82 Å². The molecule has 0 aliphatic rings. The highest BCUT2D eigenvalue weighted by atomic mass is 32.1. The zero-order valence-corrected chi connectivity index (χ0v) is 14.6. The van der Waals surface area contributed by atoms with E-state index in [9.17, 15) is 4.39 Å². The lowest BCUT2D eigenvalue weighted by Gasteiger charge is -2.04. The van der Waals surface area contributed by atoms with Gasteiger partial charge in [-0.15, -0.1) is 16.4 Å². The molecule has 0 spiro atoms. The van der Waals surface area contributed by atoms with Gasteiger partial charge in [0.05, 0.1) is 18.5 Å². The SMILES string of the molecule is COc1ccc(-n2nnc(-c3nc(-c4ccc(F)cc4)cs3)c2N)cc1. The summed E-state index contributed by atoms with van der Waals surface area (Å²) < 4.78 is 19.8. The summed E-state index contributed by atoms with van der Waals surface area (Å²) in [6.07, 6.45) is 0. The van der Waals surface area contributed by atoms with E-state index in [0.29, 0.717) is 16.5 Å². The van der Waals surface area contributed by atoms with Crippen LogP contribution in [-0.2, 0) is 0 Å². The minimum Gasteiger partial charge on any atom is -0.497 e. The van der Waals surface area contributed by atoms with Gasteiger partial charge in [0.15, 0.2) is 11.5 Å². The summed E-state index contributed by atoms with van der Waals surface area (Å²) in [7, 11) is 1.61. The molecule has 0 aliphatic heterocycles. The standard InChI is InChI=1S/C18H14FN5OS/c1-25-14-8-6-13(7-9-14)24-17(20)16(22-23-24)18-21-15(10-26-18)11-2-4-12(19)5-3-11/h2-10H,20H2,1H3. The van der Waals surface area contributed by atoms with E-state index in [1.165, 1.54) is 23.5 Å². The smallest absolute Gasteiger partial charge is 0.165 e. The molecule has 8 heteroatoms. The molecule has 0 saturated carbocycles. The predicted octanol–water partition coefficient (Wildman–Crippen LogP) is 3.79. The Kier molecular flexibility index (Phi) is 4.10. The van der Waals surface area contributed by atoms with Crippen molar-refractivity contribution in [3.05, 3.63) is 59.7 Å². The van der Waals surface area contributed by atoms with Crippen LogP contribution in [0.1, 0.15) is 0 Å². The third-order valence-corrected chi connectivity index (χ3v) is 4.72. The first kappa shape index (κ1) is 16.2. The fourth-order valence-electron chi connectivity index (χ4n) is 2.49. The van der Waals surface area contributed by atoms with E-state index in [1.807, 2.05) is 29.6 Å². The minimum absolute atomic E-state index is 0.282. The number of nitrogens with two attached hydrogens (primary N) is 1. The van der Waals surface area contributed by atoms with Gasteiger partial charge in [-0.2, -0.15) is 4.68 Å². The summed E-state index contributed by atoms with van der Waals surface area (Å²) >= 11 is 1.41. The van der Waals surface area contributed by atoms with Crippen LogP contribution in [0.2, 0.25) is 0 Å². The number of aromatic nitrogens is 4. The Morgan fingerprint density at radius 1 is 1.08 bits per heavy atom. The lowest BCUT2D eigenvalue weighted by atomic mass is 10.2. The van der Waals surface area contributed by atoms with Crippen molar-refractivity contribution in [2.45, 2.75) is 0 Å². The van der Waals surface area contributed by atoms with Gasteiger partial charge in [0.2, 0.25) is 0 Å². The Hall–Kier alpha value is -3.26. The average molecular weight is 367 g/mol. The highest BCUT2D eigenvalue weighted by molar-refractivity contribution is 7.13. The van der Waals surface area contributed by atoms with Gasteiger partial charge in [-0.3, -0.25) is 0 Å². The third kappa shape index (κ3) is 2.91. The highest BCUT2D eigenvalue weighted by Gasteiger charge is 2.17. The molecule has 2 aromatic carbocycles. The molecule has 26 heavy (non-hydrogen) atoms. The summed E-state index contributed by atoms with van der Waals surface area (Å²) in [6.45, 7) is 0. The summed E-state index contributed by atoms with van der Waals surface area (Å²) in [5.74, 6) is 0.863. The minimum atomic E-state index is -0.282. The van der Waals surface area contributed by atoms with E-state index in [2.05, 4.69) is 15.3 Å². The Morgan fingerprint density at radius 2 is 1.81 bits per heavy atom. The lowest BCUT2D eigenvalue weighted by Crippen LogP contribution is -2.02. The maximum Gasteiger partial charge on any atom is 0.165 e. The summed E-state index contributed by atoms with van der Waals surface area (Å²) in [5.41, 5.74) is 9.09. The predicted molar refractivity (Wildman–Crippen MR) is 98.8 cm³/mol. The quantitative estimate of drug-likeness (QED) is 0.594. The number of ether oxygens (including phenoxy) is 1. The van der Waals surface area contributed by atoms with Crippen molar-refractivity contribution >= 4 is 17.2 Å². The second kappa shape index (κ2) is 6.57. The fourth-order valence-corrected chi connectivity index (χ4v) is 3.31. The van der Waals surface area contributed by atoms with E-state index >= 15 is 0 Å². The van der Waals surface area contributed by atoms with Crippen LogP contribution < -0.4 is 10.5 Å². The number of methoxy groups -OCH3 is 1. The van der Waals surface area contributed by atoms with E-state index < -0.39 is 0 Å². The van der Waals surface area contributed by atoms with Crippen LogP contribution in [0, 0.1) is 5.82 Å². The molecule has 0 atom stereocenters. The number of hydrogen-bond acceptors (Lipinski definition) is 6. The molecule has 2 heterocycles. The van der Waals surface area contributed by atoms with Crippen LogP contribution in [-0.4, -0.2) is 27.1 Å². The van der Waals surface area contributed by atoms with Gasteiger partial charge in [-0.25, -0.2) is 9.37 Å². The number of nitrogen functional groups attached to an aromatic ring is 1. The zero-order chi connectivity index (χ0) is 18.1. The molecule has 4 aromatic rings. The van der Waals surface area contributed by atoms with Gasteiger partial charge >= 0.3 is 0 Å². The van der Waals surface area contributed by atoms with Gasteiger partial charge in [0.1, 0.15) is 16.6 Å². The van der Waals surface area contributed by atoms with Crippen molar-refractivity contribution in [3.63, 3.8) is 0 Å². The first-order valence-electron chi connectivity index (χ1n) is 7.73. The second-order valence-electron chi connectivity index (χ2n) is 5.48. The molecule has 6 nitrogen and oxygen atoms in total. The monoisotopic (exact) mass is 367 g/mol. The molecule has 2 aromatic heterocycles. The normalized spacial score (nSPS) is 10.8. The topological polar surface area (TPSA) is 78.8 Å². The number of nitrogens with zero attached hydrogens (tertiary/aromatic N) is 4. The van der Waals surface area contributed by atoms with Crippen LogP contribution >= 0.6 is 11.3 Å². The van der Waals surface area contributed by atoms with Crippen LogP contribution in [0.5, 0.6) is 5.75 Å². The maximum atomic E-state index is 13.1. The number of benzene rings is 2. The van der Waals surface area contributed by atoms with Gasteiger partial charge < -0.3 is 10.5 Å². The molecule has 0 saturated heterocycles. The summed E-state index contributed by atoms with van der Waals surface area (Å²) in [4.78, 5) is 4.56. The molecule has 2 N–H and O–H groups in total. The lowest BCUT2D eigenvalue weighted by molar-refractivity contribution is 0.414. The number of thiazole rings is 1. The highest BCUT2D eigenvalue weighted by Crippen LogP contribution is 2.31. The number of halogens is 1. The van der Waals surface area contributed by atoms with Gasteiger partial charge in [0, 0.05) is 10.9 Å². The van der Waals surface area contributed by atoms with Crippen molar-refractivity contribution in [1.82, 2.24) is 20.0 Å². The molecule has 0 bridgehead atoms. The molecule has 0 aliphatic carbocycles. The van der Waals surface area contributed by atoms with Crippen molar-refractivity contribution < 1.29 is 9.13 Å². The van der Waals surface area contributed by atoms with Gasteiger partial charge in [-0.1, -0.05) is 5.21 Å². The second-order valence-corrected chi connectivity index (χ2v) is 6.34. The molecular weight excluding hydrogens is 353 g/mol. The van der Waals surface area contributed by atoms with E-state index in [0.717, 1.165) is 22.7 Å². The number of anilines is 1. The molecule has 0 radical (unpaired) electrons. The molecule has 0 amide bonds. The van der Waals surface area contributed by atoms with Crippen LogP contribution in [0.4, 0.5) is 10.2 Å². The van der Waals surface area contributed by atoms with Crippen LogP contribution in [0.25, 0.3) is 27.6 Å². The number of hydrogen-bond donors (Lipinski definition) is 1. The third-order valence-electron chi connectivity index (χ3n) is 3.87. The average Bonchev–Trinajstić information content (AvgIpc) is 3.29. The molecule has 130 valence electrons. The van der Waals surface area contributed by atoms with Crippen molar-refractivity contribution in [2.24, 2.45) is 0 Å². The Morgan fingerprint density at radius 3 is 2.50 bits per heavy atom. The Bertz CT molecular complexity index is 1040. The molecule has 0 fully saturated rings. The summed E-state index contributed by atoms with van der Waals surface area (Å²) in [5, 5.41) is 10.8. The number of rotatable bonds is 4. The maximum absolute atomic E-state index is 13.1. The first-order valence-corrected chi connectivity index (χ1v) is 8.61. The van der Waals surface area contributed by atoms with E-state index in [1.54, 1.807) is 23.9 Å². The van der Waals surface area contributed by atoms with Gasteiger partial charge in [0.25, 0.3) is 0 Å². The van der Waals surface area contributed by atoms with Gasteiger partial charge in [-0.05, 0) is 48.5 Å². The van der Waals surface area contributed by atoms with Crippen LogP contribution in [0.15, 0.2) is 53.9 Å². The fraction of sp³-hybridized carbons (Fsp3) is 0.0556. The van der Waals surface area contributed by atoms with E-state index in [4.69, 9.17) is 10.5 Å². The summed E-state index contributed by atoms with van der Waals surface area (Å²) in [6, 6.07) is 13.5. The Balaban J connectivity index is 1.67. The molecule has 4 rings (SSSR count). The molecular formula is C18H14FN5OS. The zero-order valence-electron chi connectivity index (χ0n) is 13.8. The van der Waals surface area contributed by atoms with Crippen molar-refractivity contribution in [3.8, 4) is 33.4 Å². The van der Waals surface area contributed by atoms with Crippen molar-refractivity contribution in [1.29, 1.82) is 0 Å². The largest absolute Gasteiger partial charge is 0.497 e. The Labute approximate surface area is 152 Å². The van der Waals surface area contributed by atoms with Crippen molar-refractivity contribution in [2.75, 3.05) is 12.8 Å². The van der Waals surface area contributed by atoms with Crippen LogP contribution in [0.3, 0.4) is 0 Å². The molecule has 0 unspecified atom stereocenters. The first-order chi connectivity index (χ1) is 12.7.